The topological polar surface area (TPSA) is 37.4 Å². The largest absolute Gasteiger partial charge is 0.339 e. The number of carbonyl (C=O) groups excluding carboxylic acids is 2. The molecule has 106 valence electrons. The van der Waals surface area contributed by atoms with Crippen LogP contribution < -0.4 is 0 Å². The average molecular weight is 263 g/mol. The molecule has 0 radical (unpaired) electrons. The van der Waals surface area contributed by atoms with Crippen LogP contribution in [0.15, 0.2) is 0 Å². The molecule has 2 unspecified atom stereocenters. The van der Waals surface area contributed by atoms with E-state index in [-0.39, 0.29) is 12.0 Å². The van der Waals surface area contributed by atoms with Crippen molar-refractivity contribution < 1.29 is 9.59 Å². The molecule has 0 aromatic carbocycles. The van der Waals surface area contributed by atoms with Crippen LogP contribution >= 0.6 is 0 Å². The van der Waals surface area contributed by atoms with Gasteiger partial charge in [0.25, 0.3) is 0 Å². The first-order valence-corrected chi connectivity index (χ1v) is 8.08. The van der Waals surface area contributed by atoms with Crippen LogP contribution in [0.25, 0.3) is 0 Å². The van der Waals surface area contributed by atoms with Gasteiger partial charge in [0.2, 0.25) is 5.91 Å². The van der Waals surface area contributed by atoms with Crippen LogP contribution in [0.5, 0.6) is 0 Å². The van der Waals surface area contributed by atoms with Crippen molar-refractivity contribution in [1.82, 2.24) is 4.90 Å². The summed E-state index contributed by atoms with van der Waals surface area (Å²) in [6, 6.07) is 0.236. The molecule has 2 aliphatic carbocycles. The number of likely N-dealkylation sites (tertiary alicyclic amines) is 1. The van der Waals surface area contributed by atoms with E-state index in [0.29, 0.717) is 17.6 Å². The molecule has 1 aliphatic heterocycles. The summed E-state index contributed by atoms with van der Waals surface area (Å²) in [4.78, 5) is 26.6. The maximum atomic E-state index is 12.4. The third-order valence-electron chi connectivity index (χ3n) is 5.37. The summed E-state index contributed by atoms with van der Waals surface area (Å²) in [6.45, 7) is 0.889. The molecule has 19 heavy (non-hydrogen) atoms. The number of rotatable bonds is 3. The lowest BCUT2D eigenvalue weighted by molar-refractivity contribution is -0.137. The fraction of sp³-hybridized carbons (Fsp3) is 0.875. The van der Waals surface area contributed by atoms with E-state index in [1.165, 1.54) is 19.3 Å². The van der Waals surface area contributed by atoms with Crippen molar-refractivity contribution in [3.8, 4) is 0 Å². The van der Waals surface area contributed by atoms with Crippen LogP contribution in [0.1, 0.15) is 64.2 Å². The van der Waals surface area contributed by atoms with E-state index < -0.39 is 0 Å². The second-order valence-electron chi connectivity index (χ2n) is 6.62. The van der Waals surface area contributed by atoms with Crippen molar-refractivity contribution >= 4 is 11.7 Å². The fourth-order valence-electron chi connectivity index (χ4n) is 4.00. The Morgan fingerprint density at radius 2 is 1.89 bits per heavy atom. The van der Waals surface area contributed by atoms with Gasteiger partial charge in [-0.1, -0.05) is 12.8 Å². The standard InChI is InChI=1S/C16H25NO2/c18-15-9-2-1-7-13(15)14-8-4-10-17(14)16(19)11-12-5-3-6-12/h12-14H,1-11H2. The molecular weight excluding hydrogens is 238 g/mol. The van der Waals surface area contributed by atoms with Crippen LogP contribution in [0, 0.1) is 11.8 Å². The number of amides is 1. The van der Waals surface area contributed by atoms with Crippen LogP contribution in [0.3, 0.4) is 0 Å². The molecule has 1 amide bonds. The van der Waals surface area contributed by atoms with Gasteiger partial charge in [0.1, 0.15) is 5.78 Å². The summed E-state index contributed by atoms with van der Waals surface area (Å²) >= 11 is 0. The molecule has 0 spiro atoms. The van der Waals surface area contributed by atoms with Gasteiger partial charge < -0.3 is 4.90 Å². The number of ketones is 1. The lowest BCUT2D eigenvalue weighted by Gasteiger charge is -2.35. The molecule has 3 heteroatoms. The molecule has 0 N–H and O–H groups in total. The Hall–Kier alpha value is -0.860. The lowest BCUT2D eigenvalue weighted by atomic mass is 9.80. The molecule has 0 aromatic rings. The predicted molar refractivity (Wildman–Crippen MR) is 73.7 cm³/mol. The van der Waals surface area contributed by atoms with Crippen molar-refractivity contribution in [2.45, 2.75) is 70.3 Å². The van der Waals surface area contributed by atoms with Gasteiger partial charge in [0, 0.05) is 31.3 Å². The van der Waals surface area contributed by atoms with Crippen molar-refractivity contribution in [3.63, 3.8) is 0 Å². The minimum atomic E-state index is 0.154. The highest BCUT2D eigenvalue weighted by atomic mass is 16.2. The molecule has 2 atom stereocenters. The van der Waals surface area contributed by atoms with Crippen LogP contribution in [0.2, 0.25) is 0 Å². The van der Waals surface area contributed by atoms with E-state index in [9.17, 15) is 9.59 Å². The van der Waals surface area contributed by atoms with Gasteiger partial charge in [-0.05, 0) is 44.4 Å². The average Bonchev–Trinajstić information content (AvgIpc) is 2.83. The van der Waals surface area contributed by atoms with Crippen LogP contribution in [0.4, 0.5) is 0 Å². The van der Waals surface area contributed by atoms with E-state index in [4.69, 9.17) is 0 Å². The minimum Gasteiger partial charge on any atom is -0.339 e. The lowest BCUT2D eigenvalue weighted by Crippen LogP contribution is -2.44. The number of nitrogens with zero attached hydrogens (tertiary/aromatic N) is 1. The number of hydrogen-bond donors (Lipinski definition) is 0. The molecule has 3 fully saturated rings. The summed E-state index contributed by atoms with van der Waals surface area (Å²) < 4.78 is 0. The van der Waals surface area contributed by atoms with E-state index in [1.807, 2.05) is 0 Å². The third kappa shape index (κ3) is 2.70. The van der Waals surface area contributed by atoms with Gasteiger partial charge in [0.05, 0.1) is 0 Å². The van der Waals surface area contributed by atoms with Gasteiger partial charge in [-0.2, -0.15) is 0 Å². The summed E-state index contributed by atoms with van der Waals surface area (Å²) in [7, 11) is 0. The highest BCUT2D eigenvalue weighted by molar-refractivity contribution is 5.84. The number of hydrogen-bond acceptors (Lipinski definition) is 2. The summed E-state index contributed by atoms with van der Waals surface area (Å²) in [5.41, 5.74) is 0. The molecule has 3 nitrogen and oxygen atoms in total. The highest BCUT2D eigenvalue weighted by Crippen LogP contribution is 2.35. The fourth-order valence-corrected chi connectivity index (χ4v) is 4.00. The maximum absolute atomic E-state index is 12.4. The maximum Gasteiger partial charge on any atom is 0.223 e. The quantitative estimate of drug-likeness (QED) is 0.785. The SMILES string of the molecule is O=C1CCCCC1C1CCCN1C(=O)CC1CCC1. The predicted octanol–water partition coefficient (Wildman–Crippen LogP) is 2.93. The van der Waals surface area contributed by atoms with Gasteiger partial charge in [-0.15, -0.1) is 0 Å². The summed E-state index contributed by atoms with van der Waals surface area (Å²) in [5, 5.41) is 0. The first-order valence-electron chi connectivity index (χ1n) is 8.08. The van der Waals surface area contributed by atoms with E-state index in [1.54, 1.807) is 0 Å². The molecule has 3 aliphatic rings. The van der Waals surface area contributed by atoms with Crippen molar-refractivity contribution in [1.29, 1.82) is 0 Å². The first-order chi connectivity index (χ1) is 9.25. The van der Waals surface area contributed by atoms with Crippen LogP contribution in [-0.4, -0.2) is 29.2 Å². The molecule has 1 heterocycles. The summed E-state index contributed by atoms with van der Waals surface area (Å²) in [5.74, 6) is 1.53. The highest BCUT2D eigenvalue weighted by Gasteiger charge is 2.39. The Kier molecular flexibility index (Phi) is 3.90. The van der Waals surface area contributed by atoms with E-state index in [2.05, 4.69) is 4.90 Å². The second kappa shape index (κ2) is 5.64. The van der Waals surface area contributed by atoms with Gasteiger partial charge in [0.15, 0.2) is 0 Å². The Labute approximate surface area is 115 Å². The summed E-state index contributed by atoms with van der Waals surface area (Å²) in [6.07, 6.45) is 10.6. The smallest absolute Gasteiger partial charge is 0.223 e. The van der Waals surface area contributed by atoms with Crippen LogP contribution in [-0.2, 0) is 9.59 Å². The molecular formula is C16H25NO2. The first kappa shape index (κ1) is 13.1. The van der Waals surface area contributed by atoms with Gasteiger partial charge >= 0.3 is 0 Å². The van der Waals surface area contributed by atoms with Crippen molar-refractivity contribution in [3.05, 3.63) is 0 Å². The normalized spacial score (nSPS) is 32.4. The van der Waals surface area contributed by atoms with Gasteiger partial charge in [-0.3, -0.25) is 9.59 Å². The van der Waals surface area contributed by atoms with Gasteiger partial charge in [-0.25, -0.2) is 0 Å². The Balaban J connectivity index is 1.62. The molecule has 0 aromatic heterocycles. The molecule has 0 bridgehead atoms. The minimum absolute atomic E-state index is 0.154. The zero-order valence-electron chi connectivity index (χ0n) is 11.8. The second-order valence-corrected chi connectivity index (χ2v) is 6.62. The Morgan fingerprint density at radius 3 is 2.58 bits per heavy atom. The number of carbonyl (C=O) groups is 2. The third-order valence-corrected chi connectivity index (χ3v) is 5.37. The zero-order valence-corrected chi connectivity index (χ0v) is 11.8. The number of Topliss-reactive ketones (excluding diaryl/α,β-unsaturated/α-hetero) is 1. The zero-order chi connectivity index (χ0) is 13.2. The van der Waals surface area contributed by atoms with E-state index in [0.717, 1.165) is 51.5 Å². The molecule has 1 saturated heterocycles. The monoisotopic (exact) mass is 263 g/mol. The van der Waals surface area contributed by atoms with Crippen molar-refractivity contribution in [2.24, 2.45) is 11.8 Å². The molecule has 3 rings (SSSR count). The Bertz CT molecular complexity index is 362. The Morgan fingerprint density at radius 1 is 1.05 bits per heavy atom. The molecule has 2 saturated carbocycles. The van der Waals surface area contributed by atoms with E-state index >= 15 is 0 Å². The van der Waals surface area contributed by atoms with Crippen molar-refractivity contribution in [2.75, 3.05) is 6.54 Å².